The number of nitrogens with zero attached hydrogens (tertiary/aromatic N) is 4. The largest absolute Gasteiger partial charge is 0.354 e. The van der Waals surface area contributed by atoms with E-state index < -0.39 is 0 Å². The van der Waals surface area contributed by atoms with Gasteiger partial charge in [0.1, 0.15) is 11.5 Å². The molecule has 0 saturated carbocycles. The SMILES string of the molecule is Cc1ccccc1Nc1ccc(C(=O)N2CCN(c3ccccn3)CC2)nc1. The van der Waals surface area contributed by atoms with E-state index in [0.29, 0.717) is 18.8 Å². The molecule has 142 valence electrons. The van der Waals surface area contributed by atoms with Gasteiger partial charge < -0.3 is 15.1 Å². The summed E-state index contributed by atoms with van der Waals surface area (Å²) in [6, 6.07) is 17.7. The van der Waals surface area contributed by atoms with Crippen molar-refractivity contribution >= 4 is 23.1 Å². The van der Waals surface area contributed by atoms with E-state index in [1.165, 1.54) is 0 Å². The highest BCUT2D eigenvalue weighted by molar-refractivity contribution is 5.92. The van der Waals surface area contributed by atoms with Crippen molar-refractivity contribution in [3.05, 3.63) is 78.2 Å². The number of pyridine rings is 2. The van der Waals surface area contributed by atoms with Crippen molar-refractivity contribution in [2.45, 2.75) is 6.92 Å². The molecule has 0 aliphatic carbocycles. The summed E-state index contributed by atoms with van der Waals surface area (Å²) in [6.45, 7) is 4.93. The highest BCUT2D eigenvalue weighted by atomic mass is 16.2. The van der Waals surface area contributed by atoms with Gasteiger partial charge in [0.15, 0.2) is 0 Å². The molecule has 1 fully saturated rings. The minimum absolute atomic E-state index is 0.0249. The number of anilines is 3. The predicted octanol–water partition coefficient (Wildman–Crippen LogP) is 3.49. The number of piperazine rings is 1. The monoisotopic (exact) mass is 373 g/mol. The quantitative estimate of drug-likeness (QED) is 0.759. The van der Waals surface area contributed by atoms with Crippen molar-refractivity contribution in [1.82, 2.24) is 14.9 Å². The molecule has 0 unspecified atom stereocenters. The zero-order chi connectivity index (χ0) is 19.3. The zero-order valence-corrected chi connectivity index (χ0v) is 15.9. The maximum atomic E-state index is 12.8. The number of hydrogen-bond donors (Lipinski definition) is 1. The second kappa shape index (κ2) is 8.08. The highest BCUT2D eigenvalue weighted by Gasteiger charge is 2.23. The summed E-state index contributed by atoms with van der Waals surface area (Å²) in [5.74, 6) is 0.933. The number of rotatable bonds is 4. The summed E-state index contributed by atoms with van der Waals surface area (Å²) in [5.41, 5.74) is 3.54. The van der Waals surface area contributed by atoms with E-state index in [9.17, 15) is 4.79 Å². The van der Waals surface area contributed by atoms with Crippen LogP contribution in [0.3, 0.4) is 0 Å². The average Bonchev–Trinajstić information content (AvgIpc) is 2.76. The van der Waals surface area contributed by atoms with Gasteiger partial charge in [0.2, 0.25) is 0 Å². The Labute approximate surface area is 164 Å². The predicted molar refractivity (Wildman–Crippen MR) is 111 cm³/mol. The topological polar surface area (TPSA) is 61.4 Å². The van der Waals surface area contributed by atoms with Crippen molar-refractivity contribution < 1.29 is 4.79 Å². The number of aromatic nitrogens is 2. The Morgan fingerprint density at radius 1 is 0.929 bits per heavy atom. The summed E-state index contributed by atoms with van der Waals surface area (Å²) in [5, 5.41) is 3.34. The first-order valence-corrected chi connectivity index (χ1v) is 9.45. The van der Waals surface area contributed by atoms with Crippen molar-refractivity contribution in [3.8, 4) is 0 Å². The van der Waals surface area contributed by atoms with Crippen molar-refractivity contribution in [2.75, 3.05) is 36.4 Å². The van der Waals surface area contributed by atoms with Crippen molar-refractivity contribution in [2.24, 2.45) is 0 Å². The van der Waals surface area contributed by atoms with Gasteiger partial charge in [-0.1, -0.05) is 24.3 Å². The first-order chi connectivity index (χ1) is 13.7. The number of aryl methyl sites for hydroxylation is 1. The summed E-state index contributed by atoms with van der Waals surface area (Å²) in [6.07, 6.45) is 3.51. The normalized spacial score (nSPS) is 14.0. The van der Waals surface area contributed by atoms with E-state index in [4.69, 9.17) is 0 Å². The van der Waals surface area contributed by atoms with Gasteiger partial charge in [-0.3, -0.25) is 4.79 Å². The Kier molecular flexibility index (Phi) is 5.19. The molecule has 0 spiro atoms. The van der Waals surface area contributed by atoms with E-state index >= 15 is 0 Å². The van der Waals surface area contributed by atoms with Crippen LogP contribution in [0.15, 0.2) is 67.0 Å². The molecular weight excluding hydrogens is 350 g/mol. The number of carbonyl (C=O) groups excluding carboxylic acids is 1. The Bertz CT molecular complexity index is 935. The molecule has 0 radical (unpaired) electrons. The lowest BCUT2D eigenvalue weighted by atomic mass is 10.2. The standard InChI is InChI=1S/C22H23N5O/c1-17-6-2-3-7-19(17)25-18-9-10-20(24-16-18)22(28)27-14-12-26(13-15-27)21-8-4-5-11-23-21/h2-11,16,25H,12-15H2,1H3. The van der Waals surface area contributed by atoms with Gasteiger partial charge in [0.05, 0.1) is 11.9 Å². The molecule has 1 aliphatic heterocycles. The molecule has 1 aromatic carbocycles. The number of benzene rings is 1. The van der Waals surface area contributed by atoms with Gasteiger partial charge in [-0.2, -0.15) is 0 Å². The fourth-order valence-electron chi connectivity index (χ4n) is 3.30. The van der Waals surface area contributed by atoms with Crippen LogP contribution in [0.1, 0.15) is 16.1 Å². The van der Waals surface area contributed by atoms with E-state index in [1.54, 1.807) is 18.5 Å². The molecule has 6 nitrogen and oxygen atoms in total. The van der Waals surface area contributed by atoms with Crippen molar-refractivity contribution in [3.63, 3.8) is 0 Å². The Balaban J connectivity index is 1.37. The molecule has 1 amide bonds. The fourth-order valence-corrected chi connectivity index (χ4v) is 3.30. The Hall–Kier alpha value is -3.41. The van der Waals surface area contributed by atoms with Crippen LogP contribution < -0.4 is 10.2 Å². The molecule has 0 bridgehead atoms. The van der Waals surface area contributed by atoms with E-state index in [-0.39, 0.29) is 5.91 Å². The van der Waals surface area contributed by atoms with Crippen LogP contribution in [0.25, 0.3) is 0 Å². The third-order valence-electron chi connectivity index (χ3n) is 4.95. The van der Waals surface area contributed by atoms with Crippen LogP contribution in [0.5, 0.6) is 0 Å². The molecule has 28 heavy (non-hydrogen) atoms. The molecule has 6 heteroatoms. The van der Waals surface area contributed by atoms with Gasteiger partial charge in [-0.25, -0.2) is 9.97 Å². The summed E-state index contributed by atoms with van der Waals surface area (Å²) >= 11 is 0. The minimum Gasteiger partial charge on any atom is -0.354 e. The zero-order valence-electron chi connectivity index (χ0n) is 15.9. The molecule has 2 aromatic heterocycles. The fraction of sp³-hybridized carbons (Fsp3) is 0.227. The van der Waals surface area contributed by atoms with Gasteiger partial charge in [-0.15, -0.1) is 0 Å². The Morgan fingerprint density at radius 3 is 2.39 bits per heavy atom. The smallest absolute Gasteiger partial charge is 0.272 e. The van der Waals surface area contributed by atoms with Crippen LogP contribution in [0.4, 0.5) is 17.2 Å². The molecule has 3 aromatic rings. The molecule has 0 atom stereocenters. The molecule has 3 heterocycles. The number of hydrogen-bond acceptors (Lipinski definition) is 5. The van der Waals surface area contributed by atoms with Crippen LogP contribution in [-0.2, 0) is 0 Å². The lowest BCUT2D eigenvalue weighted by molar-refractivity contribution is 0.0740. The Morgan fingerprint density at radius 2 is 1.71 bits per heavy atom. The van der Waals surface area contributed by atoms with Crippen LogP contribution in [0, 0.1) is 6.92 Å². The van der Waals surface area contributed by atoms with Crippen LogP contribution in [-0.4, -0.2) is 47.0 Å². The summed E-state index contributed by atoms with van der Waals surface area (Å²) in [7, 11) is 0. The lowest BCUT2D eigenvalue weighted by Crippen LogP contribution is -2.49. The molecule has 1 N–H and O–H groups in total. The third kappa shape index (κ3) is 3.96. The third-order valence-corrected chi connectivity index (χ3v) is 4.95. The molecule has 4 rings (SSSR count). The van der Waals surface area contributed by atoms with Gasteiger partial charge in [0.25, 0.3) is 5.91 Å². The maximum absolute atomic E-state index is 12.8. The average molecular weight is 373 g/mol. The molecule has 1 saturated heterocycles. The first kappa shape index (κ1) is 18.0. The number of amides is 1. The first-order valence-electron chi connectivity index (χ1n) is 9.45. The van der Waals surface area contributed by atoms with Gasteiger partial charge >= 0.3 is 0 Å². The number of para-hydroxylation sites is 1. The van der Waals surface area contributed by atoms with Gasteiger partial charge in [0, 0.05) is 38.1 Å². The van der Waals surface area contributed by atoms with Crippen LogP contribution >= 0.6 is 0 Å². The summed E-state index contributed by atoms with van der Waals surface area (Å²) < 4.78 is 0. The maximum Gasteiger partial charge on any atom is 0.272 e. The second-order valence-electron chi connectivity index (χ2n) is 6.84. The lowest BCUT2D eigenvalue weighted by Gasteiger charge is -2.35. The van der Waals surface area contributed by atoms with Crippen LogP contribution in [0.2, 0.25) is 0 Å². The highest BCUT2D eigenvalue weighted by Crippen LogP contribution is 2.20. The van der Waals surface area contributed by atoms with E-state index in [2.05, 4.69) is 33.2 Å². The van der Waals surface area contributed by atoms with Crippen molar-refractivity contribution in [1.29, 1.82) is 0 Å². The van der Waals surface area contributed by atoms with Gasteiger partial charge in [-0.05, 0) is 42.8 Å². The van der Waals surface area contributed by atoms with E-state index in [0.717, 1.165) is 35.8 Å². The second-order valence-corrected chi connectivity index (χ2v) is 6.84. The molecular formula is C22H23N5O. The number of nitrogens with one attached hydrogen (secondary N) is 1. The molecule has 1 aliphatic rings. The minimum atomic E-state index is -0.0249. The van der Waals surface area contributed by atoms with E-state index in [1.807, 2.05) is 47.4 Å². The summed E-state index contributed by atoms with van der Waals surface area (Å²) in [4.78, 5) is 25.6. The number of carbonyl (C=O) groups is 1.